The lowest BCUT2D eigenvalue weighted by Crippen LogP contribution is -2.04. The number of halogens is 2. The van der Waals surface area contributed by atoms with Crippen LogP contribution >= 0.6 is 0 Å². The molecule has 0 spiro atoms. The van der Waals surface area contributed by atoms with Crippen LogP contribution in [-0.2, 0) is 0 Å². The molecule has 0 fully saturated rings. The van der Waals surface area contributed by atoms with Crippen molar-refractivity contribution in [1.29, 1.82) is 0 Å². The Kier molecular flexibility index (Phi) is 3.98. The summed E-state index contributed by atoms with van der Waals surface area (Å²) in [5.74, 6) is -1.37. The molecule has 0 aliphatic heterocycles. The van der Waals surface area contributed by atoms with Crippen molar-refractivity contribution >= 4 is 5.97 Å². The summed E-state index contributed by atoms with van der Waals surface area (Å²) >= 11 is 0. The van der Waals surface area contributed by atoms with Crippen LogP contribution in [-0.4, -0.2) is 17.7 Å². The summed E-state index contributed by atoms with van der Waals surface area (Å²) in [6.45, 7) is -1.11. The highest BCUT2D eigenvalue weighted by molar-refractivity contribution is 5.90. The van der Waals surface area contributed by atoms with Crippen LogP contribution in [0.3, 0.4) is 0 Å². The Labute approximate surface area is 114 Å². The first-order valence-electron chi connectivity index (χ1n) is 5.86. The molecule has 0 aliphatic carbocycles. The van der Waals surface area contributed by atoms with Gasteiger partial charge in [-0.1, -0.05) is 29.8 Å². The van der Waals surface area contributed by atoms with Crippen molar-refractivity contribution in [3.63, 3.8) is 0 Å². The number of ether oxygens (including phenoxy) is 1. The summed E-state index contributed by atoms with van der Waals surface area (Å²) in [7, 11) is 0. The maximum Gasteiger partial charge on any atom is 0.387 e. The van der Waals surface area contributed by atoms with E-state index < -0.39 is 12.6 Å². The van der Waals surface area contributed by atoms with E-state index in [1.165, 1.54) is 12.1 Å². The molecular formula is C15H12F2O3. The van der Waals surface area contributed by atoms with E-state index in [9.17, 15) is 13.6 Å². The molecule has 0 heterocycles. The van der Waals surface area contributed by atoms with Crippen LogP contribution in [0, 0.1) is 6.92 Å². The Bertz CT molecular complexity index is 639. The molecule has 0 radical (unpaired) electrons. The zero-order valence-electron chi connectivity index (χ0n) is 10.6. The van der Waals surface area contributed by atoms with E-state index in [2.05, 4.69) is 4.74 Å². The normalized spacial score (nSPS) is 10.6. The van der Waals surface area contributed by atoms with Crippen LogP contribution in [0.15, 0.2) is 42.5 Å². The van der Waals surface area contributed by atoms with Gasteiger partial charge in [-0.2, -0.15) is 8.78 Å². The third-order valence-corrected chi connectivity index (χ3v) is 2.73. The van der Waals surface area contributed by atoms with E-state index in [0.29, 0.717) is 5.56 Å². The Balaban J connectivity index is 2.51. The highest BCUT2D eigenvalue weighted by Gasteiger charge is 2.12. The molecule has 0 aromatic heterocycles. The van der Waals surface area contributed by atoms with Crippen molar-refractivity contribution in [2.75, 3.05) is 0 Å². The number of hydrogen-bond acceptors (Lipinski definition) is 2. The molecular weight excluding hydrogens is 266 g/mol. The lowest BCUT2D eigenvalue weighted by molar-refractivity contribution is -0.0498. The number of carboxylic acid groups (broad SMARTS) is 1. The van der Waals surface area contributed by atoms with Crippen LogP contribution < -0.4 is 4.74 Å². The molecule has 3 nitrogen and oxygen atoms in total. The number of carboxylic acids is 1. The fourth-order valence-corrected chi connectivity index (χ4v) is 1.88. The average Bonchev–Trinajstić information content (AvgIpc) is 2.37. The fourth-order valence-electron chi connectivity index (χ4n) is 1.88. The van der Waals surface area contributed by atoms with Crippen LogP contribution in [0.1, 0.15) is 15.9 Å². The van der Waals surface area contributed by atoms with E-state index in [0.717, 1.165) is 17.2 Å². The van der Waals surface area contributed by atoms with Gasteiger partial charge in [-0.15, -0.1) is 0 Å². The van der Waals surface area contributed by atoms with E-state index in [1.807, 2.05) is 25.1 Å². The number of rotatable bonds is 4. The molecule has 5 heteroatoms. The molecule has 0 saturated carbocycles. The third kappa shape index (κ3) is 3.32. The molecule has 2 aromatic rings. The van der Waals surface area contributed by atoms with Gasteiger partial charge in [0.1, 0.15) is 5.75 Å². The molecule has 2 rings (SSSR count). The first-order valence-corrected chi connectivity index (χ1v) is 5.86. The minimum absolute atomic E-state index is 0.0975. The van der Waals surface area contributed by atoms with Gasteiger partial charge in [0.05, 0.1) is 5.56 Å². The maximum atomic E-state index is 12.3. The molecule has 0 atom stereocenters. The van der Waals surface area contributed by atoms with E-state index in [4.69, 9.17) is 5.11 Å². The van der Waals surface area contributed by atoms with Crippen molar-refractivity contribution < 1.29 is 23.4 Å². The monoisotopic (exact) mass is 278 g/mol. The second-order valence-electron chi connectivity index (χ2n) is 4.30. The van der Waals surface area contributed by atoms with Crippen LogP contribution in [0.4, 0.5) is 8.78 Å². The van der Waals surface area contributed by atoms with E-state index in [1.54, 1.807) is 6.07 Å². The van der Waals surface area contributed by atoms with Crippen molar-refractivity contribution in [2.45, 2.75) is 13.5 Å². The summed E-state index contributed by atoms with van der Waals surface area (Å²) in [5.41, 5.74) is 2.15. The molecule has 0 bridgehead atoms. The maximum absolute atomic E-state index is 12.3. The van der Waals surface area contributed by atoms with Gasteiger partial charge in [0.25, 0.3) is 0 Å². The lowest BCUT2D eigenvalue weighted by atomic mass is 10.0. The van der Waals surface area contributed by atoms with Gasteiger partial charge in [-0.25, -0.2) is 4.79 Å². The highest BCUT2D eigenvalue weighted by atomic mass is 19.3. The van der Waals surface area contributed by atoms with Crippen LogP contribution in [0.2, 0.25) is 0 Å². The zero-order chi connectivity index (χ0) is 14.7. The predicted molar refractivity (Wildman–Crippen MR) is 70.2 cm³/mol. The Hall–Kier alpha value is -2.43. The first-order chi connectivity index (χ1) is 9.45. The van der Waals surface area contributed by atoms with Gasteiger partial charge in [-0.05, 0) is 36.2 Å². The Morgan fingerprint density at radius 1 is 1.15 bits per heavy atom. The van der Waals surface area contributed by atoms with Crippen molar-refractivity contribution in [2.24, 2.45) is 0 Å². The fraction of sp³-hybridized carbons (Fsp3) is 0.133. The largest absolute Gasteiger partial charge is 0.478 e. The smallest absolute Gasteiger partial charge is 0.387 e. The van der Waals surface area contributed by atoms with Crippen molar-refractivity contribution in [1.82, 2.24) is 0 Å². The number of hydrogen-bond donors (Lipinski definition) is 1. The zero-order valence-corrected chi connectivity index (χ0v) is 10.6. The molecule has 0 unspecified atom stereocenters. The molecule has 0 amide bonds. The summed E-state index contributed by atoms with van der Waals surface area (Å²) in [6, 6.07) is 11.2. The van der Waals surface area contributed by atoms with Crippen molar-refractivity contribution in [3.8, 4) is 16.9 Å². The Morgan fingerprint density at radius 2 is 1.90 bits per heavy atom. The molecule has 2 aromatic carbocycles. The van der Waals surface area contributed by atoms with E-state index >= 15 is 0 Å². The highest BCUT2D eigenvalue weighted by Crippen LogP contribution is 2.27. The summed E-state index contributed by atoms with van der Waals surface area (Å²) in [6.07, 6.45) is 0. The quantitative estimate of drug-likeness (QED) is 0.920. The summed E-state index contributed by atoms with van der Waals surface area (Å²) in [5, 5.41) is 9.03. The SMILES string of the molecule is Cc1cccc(-c2cc(OC(F)F)cc(C(=O)O)c2)c1. The Morgan fingerprint density at radius 3 is 2.50 bits per heavy atom. The topological polar surface area (TPSA) is 46.5 Å². The van der Waals surface area contributed by atoms with E-state index in [-0.39, 0.29) is 11.3 Å². The van der Waals surface area contributed by atoms with Gasteiger partial charge in [-0.3, -0.25) is 0 Å². The van der Waals surface area contributed by atoms with Crippen LogP contribution in [0.25, 0.3) is 11.1 Å². The number of carbonyl (C=O) groups is 1. The number of aryl methyl sites for hydroxylation is 1. The number of alkyl halides is 2. The molecule has 0 aliphatic rings. The molecule has 0 saturated heterocycles. The van der Waals surface area contributed by atoms with Gasteiger partial charge in [0, 0.05) is 0 Å². The van der Waals surface area contributed by atoms with Crippen LogP contribution in [0.5, 0.6) is 5.75 Å². The molecule has 1 N–H and O–H groups in total. The van der Waals surface area contributed by atoms with Crippen molar-refractivity contribution in [3.05, 3.63) is 53.6 Å². The summed E-state index contributed by atoms with van der Waals surface area (Å²) in [4.78, 5) is 11.0. The first kappa shape index (κ1) is 14.0. The number of benzene rings is 2. The van der Waals surface area contributed by atoms with Gasteiger partial charge in [0.2, 0.25) is 0 Å². The third-order valence-electron chi connectivity index (χ3n) is 2.73. The predicted octanol–water partition coefficient (Wildman–Crippen LogP) is 3.96. The second-order valence-corrected chi connectivity index (χ2v) is 4.30. The summed E-state index contributed by atoms with van der Waals surface area (Å²) < 4.78 is 28.9. The van der Waals surface area contributed by atoms with Gasteiger partial charge >= 0.3 is 12.6 Å². The minimum Gasteiger partial charge on any atom is -0.478 e. The average molecular weight is 278 g/mol. The van der Waals surface area contributed by atoms with Gasteiger partial charge in [0.15, 0.2) is 0 Å². The second kappa shape index (κ2) is 5.69. The lowest BCUT2D eigenvalue weighted by Gasteiger charge is -2.09. The standard InChI is InChI=1S/C15H12F2O3/c1-9-3-2-4-10(5-9)11-6-12(14(18)19)8-13(7-11)20-15(16)17/h2-8,15H,1H3,(H,18,19). The molecule has 104 valence electrons. The minimum atomic E-state index is -3.00. The van der Waals surface area contributed by atoms with Gasteiger partial charge < -0.3 is 9.84 Å². The molecule has 20 heavy (non-hydrogen) atoms. The number of aromatic carboxylic acids is 1.